The van der Waals surface area contributed by atoms with Crippen LogP contribution in [0.15, 0.2) is 66.9 Å². The first kappa shape index (κ1) is 10.8. The zero-order valence-corrected chi connectivity index (χ0v) is 9.91. The van der Waals surface area contributed by atoms with E-state index in [0.717, 1.165) is 5.56 Å². The van der Waals surface area contributed by atoms with E-state index in [9.17, 15) is 0 Å². The van der Waals surface area contributed by atoms with E-state index in [1.165, 1.54) is 10.8 Å². The van der Waals surface area contributed by atoms with Crippen LogP contribution in [0.25, 0.3) is 10.8 Å². The maximum absolute atomic E-state index is 5.63. The minimum atomic E-state index is 0.543. The van der Waals surface area contributed by atoms with Gasteiger partial charge < -0.3 is 4.74 Å². The Kier molecular flexibility index (Phi) is 2.92. The lowest BCUT2D eigenvalue weighted by atomic mass is 10.1. The van der Waals surface area contributed by atoms with Gasteiger partial charge in [0.05, 0.1) is 0 Å². The Morgan fingerprint density at radius 2 is 1.67 bits per heavy atom. The molecule has 88 valence electrons. The maximum atomic E-state index is 5.63. The van der Waals surface area contributed by atoms with Crippen molar-refractivity contribution in [3.63, 3.8) is 0 Å². The highest BCUT2D eigenvalue weighted by Gasteiger charge is 1.98. The normalized spacial score (nSPS) is 10.4. The SMILES string of the molecule is c1ccc(OCc2ccc3ccccc3c2)nc1. The topological polar surface area (TPSA) is 22.1 Å². The molecule has 18 heavy (non-hydrogen) atoms. The molecule has 0 radical (unpaired) electrons. The van der Waals surface area contributed by atoms with Crippen LogP contribution in [0.2, 0.25) is 0 Å². The highest BCUT2D eigenvalue weighted by Crippen LogP contribution is 2.16. The smallest absolute Gasteiger partial charge is 0.213 e. The van der Waals surface area contributed by atoms with Gasteiger partial charge in [-0.3, -0.25) is 0 Å². The largest absolute Gasteiger partial charge is 0.473 e. The molecule has 0 bridgehead atoms. The molecule has 0 spiro atoms. The molecule has 3 rings (SSSR count). The second-order valence-electron chi connectivity index (χ2n) is 4.14. The minimum Gasteiger partial charge on any atom is -0.473 e. The second kappa shape index (κ2) is 4.88. The van der Waals surface area contributed by atoms with Crippen molar-refractivity contribution in [1.29, 1.82) is 0 Å². The molecule has 1 heterocycles. The number of benzene rings is 2. The fourth-order valence-corrected chi connectivity index (χ4v) is 1.92. The van der Waals surface area contributed by atoms with Gasteiger partial charge in [-0.1, -0.05) is 42.5 Å². The predicted octanol–water partition coefficient (Wildman–Crippen LogP) is 3.81. The summed E-state index contributed by atoms with van der Waals surface area (Å²) in [7, 11) is 0. The first-order chi connectivity index (χ1) is 8.92. The Labute approximate surface area is 106 Å². The summed E-state index contributed by atoms with van der Waals surface area (Å²) in [5.41, 5.74) is 1.15. The molecule has 0 amide bonds. The Balaban J connectivity index is 1.79. The molecule has 1 aromatic heterocycles. The molecule has 2 nitrogen and oxygen atoms in total. The van der Waals surface area contributed by atoms with Crippen molar-refractivity contribution in [2.24, 2.45) is 0 Å². The van der Waals surface area contributed by atoms with Gasteiger partial charge in [-0.05, 0) is 28.5 Å². The number of pyridine rings is 1. The average Bonchev–Trinajstić information content (AvgIpc) is 2.46. The molecule has 0 fully saturated rings. The summed E-state index contributed by atoms with van der Waals surface area (Å²) in [6.45, 7) is 0.543. The average molecular weight is 235 g/mol. The van der Waals surface area contributed by atoms with Crippen LogP contribution in [0.5, 0.6) is 5.88 Å². The molecular formula is C16H13NO. The van der Waals surface area contributed by atoms with Crippen LogP contribution >= 0.6 is 0 Å². The van der Waals surface area contributed by atoms with E-state index in [2.05, 4.69) is 35.3 Å². The monoisotopic (exact) mass is 235 g/mol. The summed E-state index contributed by atoms with van der Waals surface area (Å²) in [5, 5.41) is 2.48. The summed E-state index contributed by atoms with van der Waals surface area (Å²) in [6, 6.07) is 20.3. The molecule has 0 atom stereocenters. The highest BCUT2D eigenvalue weighted by atomic mass is 16.5. The third kappa shape index (κ3) is 2.33. The number of nitrogens with zero attached hydrogens (tertiary/aromatic N) is 1. The van der Waals surface area contributed by atoms with Crippen LogP contribution in [-0.4, -0.2) is 4.98 Å². The van der Waals surface area contributed by atoms with Crippen molar-refractivity contribution in [3.05, 3.63) is 72.4 Å². The fourth-order valence-electron chi connectivity index (χ4n) is 1.92. The Morgan fingerprint density at radius 1 is 0.833 bits per heavy atom. The molecule has 0 aliphatic rings. The zero-order chi connectivity index (χ0) is 12.2. The van der Waals surface area contributed by atoms with Gasteiger partial charge in [0.2, 0.25) is 5.88 Å². The lowest BCUT2D eigenvalue weighted by Crippen LogP contribution is -1.96. The summed E-state index contributed by atoms with van der Waals surface area (Å²) in [6.07, 6.45) is 1.73. The van der Waals surface area contributed by atoms with Crippen LogP contribution in [0.1, 0.15) is 5.56 Å². The Bertz CT molecular complexity index is 649. The van der Waals surface area contributed by atoms with Crippen LogP contribution in [0.3, 0.4) is 0 Å². The quantitative estimate of drug-likeness (QED) is 0.688. The number of fused-ring (bicyclic) bond motifs is 1. The van der Waals surface area contributed by atoms with E-state index >= 15 is 0 Å². The molecule has 0 saturated heterocycles. The molecule has 0 aliphatic carbocycles. The Hall–Kier alpha value is -2.35. The van der Waals surface area contributed by atoms with E-state index in [0.29, 0.717) is 12.5 Å². The first-order valence-electron chi connectivity index (χ1n) is 5.93. The van der Waals surface area contributed by atoms with Gasteiger partial charge in [0, 0.05) is 12.3 Å². The molecule has 2 heteroatoms. The van der Waals surface area contributed by atoms with E-state index in [4.69, 9.17) is 4.74 Å². The highest BCUT2D eigenvalue weighted by molar-refractivity contribution is 5.82. The number of aromatic nitrogens is 1. The van der Waals surface area contributed by atoms with Crippen molar-refractivity contribution < 1.29 is 4.74 Å². The molecule has 3 aromatic rings. The van der Waals surface area contributed by atoms with Crippen molar-refractivity contribution in [2.75, 3.05) is 0 Å². The number of hydrogen-bond donors (Lipinski definition) is 0. The molecule has 0 N–H and O–H groups in total. The van der Waals surface area contributed by atoms with Gasteiger partial charge >= 0.3 is 0 Å². The number of rotatable bonds is 3. The number of ether oxygens (including phenoxy) is 1. The predicted molar refractivity (Wildman–Crippen MR) is 72.5 cm³/mol. The molecule has 0 unspecified atom stereocenters. The van der Waals surface area contributed by atoms with Gasteiger partial charge in [0.15, 0.2) is 0 Å². The summed E-state index contributed by atoms with van der Waals surface area (Å²) in [5.74, 6) is 0.658. The molecular weight excluding hydrogens is 222 g/mol. The van der Waals surface area contributed by atoms with E-state index < -0.39 is 0 Å². The van der Waals surface area contributed by atoms with Crippen LogP contribution in [0, 0.1) is 0 Å². The van der Waals surface area contributed by atoms with Crippen molar-refractivity contribution in [2.45, 2.75) is 6.61 Å². The standard InChI is InChI=1S/C16H13NO/c1-2-6-15-11-13(8-9-14(15)5-1)12-18-16-7-3-4-10-17-16/h1-11H,12H2. The molecule has 0 aliphatic heterocycles. The third-order valence-corrected chi connectivity index (χ3v) is 2.84. The summed E-state index contributed by atoms with van der Waals surface area (Å²) >= 11 is 0. The lowest BCUT2D eigenvalue weighted by Gasteiger charge is -2.06. The van der Waals surface area contributed by atoms with Crippen molar-refractivity contribution in [3.8, 4) is 5.88 Å². The summed E-state index contributed by atoms with van der Waals surface area (Å²) in [4.78, 5) is 4.13. The van der Waals surface area contributed by atoms with Gasteiger partial charge in [-0.25, -0.2) is 4.98 Å². The first-order valence-corrected chi connectivity index (χ1v) is 5.93. The van der Waals surface area contributed by atoms with Crippen LogP contribution in [0.4, 0.5) is 0 Å². The van der Waals surface area contributed by atoms with Gasteiger partial charge in [0.25, 0.3) is 0 Å². The van der Waals surface area contributed by atoms with Crippen LogP contribution in [-0.2, 0) is 6.61 Å². The number of hydrogen-bond acceptors (Lipinski definition) is 2. The van der Waals surface area contributed by atoms with Gasteiger partial charge in [-0.2, -0.15) is 0 Å². The second-order valence-corrected chi connectivity index (χ2v) is 4.14. The van der Waals surface area contributed by atoms with Crippen molar-refractivity contribution >= 4 is 10.8 Å². The van der Waals surface area contributed by atoms with Gasteiger partial charge in [0.1, 0.15) is 6.61 Å². The minimum absolute atomic E-state index is 0.543. The third-order valence-electron chi connectivity index (χ3n) is 2.84. The lowest BCUT2D eigenvalue weighted by molar-refractivity contribution is 0.294. The van der Waals surface area contributed by atoms with Crippen molar-refractivity contribution in [1.82, 2.24) is 4.98 Å². The van der Waals surface area contributed by atoms with Crippen LogP contribution < -0.4 is 4.74 Å². The molecule has 2 aromatic carbocycles. The fraction of sp³-hybridized carbons (Fsp3) is 0.0625. The zero-order valence-electron chi connectivity index (χ0n) is 9.91. The molecule has 0 saturated carbocycles. The van der Waals surface area contributed by atoms with E-state index in [1.807, 2.05) is 30.3 Å². The van der Waals surface area contributed by atoms with E-state index in [1.54, 1.807) is 6.20 Å². The maximum Gasteiger partial charge on any atom is 0.213 e. The van der Waals surface area contributed by atoms with Gasteiger partial charge in [-0.15, -0.1) is 0 Å². The Morgan fingerprint density at radius 3 is 2.50 bits per heavy atom. The van der Waals surface area contributed by atoms with E-state index in [-0.39, 0.29) is 0 Å². The summed E-state index contributed by atoms with van der Waals surface area (Å²) < 4.78 is 5.63.